The molecule has 1 heterocycles. The molecule has 1 unspecified atom stereocenters. The van der Waals surface area contributed by atoms with Crippen LogP contribution >= 0.6 is 0 Å². The number of nitrogens with zero attached hydrogens (tertiary/aromatic N) is 2. The summed E-state index contributed by atoms with van der Waals surface area (Å²) in [5.74, 6) is 1.09. The van der Waals surface area contributed by atoms with Crippen LogP contribution in [0.2, 0.25) is 0 Å². The van der Waals surface area contributed by atoms with Crippen molar-refractivity contribution in [1.82, 2.24) is 4.90 Å². The van der Waals surface area contributed by atoms with Crippen LogP contribution in [0.3, 0.4) is 0 Å². The number of hydrogen-bond donors (Lipinski definition) is 2. The molecule has 3 rings (SSSR count). The van der Waals surface area contributed by atoms with Crippen molar-refractivity contribution in [3.8, 4) is 0 Å². The van der Waals surface area contributed by atoms with E-state index in [1.807, 2.05) is 18.2 Å². The van der Waals surface area contributed by atoms with Crippen LogP contribution in [0, 0.1) is 5.92 Å². The van der Waals surface area contributed by atoms with Crippen LogP contribution in [0.25, 0.3) is 0 Å². The van der Waals surface area contributed by atoms with Crippen molar-refractivity contribution in [2.24, 2.45) is 16.8 Å². The maximum absolute atomic E-state index is 8.95. The highest BCUT2D eigenvalue weighted by Gasteiger charge is 2.33. The van der Waals surface area contributed by atoms with Gasteiger partial charge in [0.25, 0.3) is 0 Å². The average Bonchev–Trinajstić information content (AvgIpc) is 3.17. The first-order valence-corrected chi connectivity index (χ1v) is 8.09. The Morgan fingerprint density at radius 3 is 2.71 bits per heavy atom. The first kappa shape index (κ1) is 14.4. The topological polar surface area (TPSA) is 61.9 Å². The van der Waals surface area contributed by atoms with Crippen LogP contribution in [-0.2, 0) is 6.54 Å². The third kappa shape index (κ3) is 3.05. The maximum atomic E-state index is 8.95. The zero-order valence-electron chi connectivity index (χ0n) is 12.5. The van der Waals surface area contributed by atoms with E-state index in [4.69, 9.17) is 10.9 Å². The second-order valence-corrected chi connectivity index (χ2v) is 6.37. The van der Waals surface area contributed by atoms with Crippen molar-refractivity contribution in [1.29, 1.82) is 0 Å². The van der Waals surface area contributed by atoms with Gasteiger partial charge in [-0.15, -0.1) is 0 Å². The second kappa shape index (κ2) is 6.48. The van der Waals surface area contributed by atoms with Crippen molar-refractivity contribution in [3.63, 3.8) is 0 Å². The summed E-state index contributed by atoms with van der Waals surface area (Å²) in [6.07, 6.45) is 8.21. The molecule has 1 aliphatic carbocycles. The number of oxime groups is 1. The van der Waals surface area contributed by atoms with E-state index in [9.17, 15) is 0 Å². The lowest BCUT2D eigenvalue weighted by Gasteiger charge is -2.30. The van der Waals surface area contributed by atoms with Crippen LogP contribution in [0.4, 0.5) is 0 Å². The molecule has 2 fully saturated rings. The Morgan fingerprint density at radius 2 is 1.95 bits per heavy atom. The quantitative estimate of drug-likeness (QED) is 0.387. The van der Waals surface area contributed by atoms with Gasteiger partial charge in [0.05, 0.1) is 0 Å². The Balaban J connectivity index is 1.76. The highest BCUT2D eigenvalue weighted by Crippen LogP contribution is 2.36. The standard InChI is InChI=1S/C17H25N3O/c18-17(19-21)15-9-4-3-8-14(15)12-20-11-5-10-16(20)13-6-1-2-7-13/h3-4,8-9,13,16,21H,1-2,5-7,10-12H2,(H2,18,19). The van der Waals surface area contributed by atoms with Gasteiger partial charge in [-0.2, -0.15) is 0 Å². The molecule has 4 nitrogen and oxygen atoms in total. The van der Waals surface area contributed by atoms with Gasteiger partial charge in [-0.1, -0.05) is 42.3 Å². The Morgan fingerprint density at radius 1 is 1.19 bits per heavy atom. The van der Waals surface area contributed by atoms with Crippen LogP contribution in [0.15, 0.2) is 29.4 Å². The summed E-state index contributed by atoms with van der Waals surface area (Å²) in [6, 6.07) is 8.73. The van der Waals surface area contributed by atoms with Gasteiger partial charge in [0.15, 0.2) is 5.84 Å². The van der Waals surface area contributed by atoms with Gasteiger partial charge >= 0.3 is 0 Å². The Labute approximate surface area is 126 Å². The number of benzene rings is 1. The van der Waals surface area contributed by atoms with E-state index < -0.39 is 0 Å². The van der Waals surface area contributed by atoms with Crippen molar-refractivity contribution < 1.29 is 5.21 Å². The van der Waals surface area contributed by atoms with Crippen molar-refractivity contribution in [2.45, 2.75) is 51.1 Å². The van der Waals surface area contributed by atoms with Crippen LogP contribution in [0.1, 0.15) is 49.7 Å². The molecule has 21 heavy (non-hydrogen) atoms. The fourth-order valence-corrected chi connectivity index (χ4v) is 4.10. The predicted molar refractivity (Wildman–Crippen MR) is 84.3 cm³/mol. The van der Waals surface area contributed by atoms with Crippen molar-refractivity contribution in [2.75, 3.05) is 6.54 Å². The molecule has 0 aromatic heterocycles. The van der Waals surface area contributed by atoms with E-state index in [1.54, 1.807) is 0 Å². The smallest absolute Gasteiger partial charge is 0.170 e. The van der Waals surface area contributed by atoms with E-state index in [1.165, 1.54) is 45.1 Å². The molecule has 1 saturated carbocycles. The summed E-state index contributed by atoms with van der Waals surface area (Å²) >= 11 is 0. The third-order valence-electron chi connectivity index (χ3n) is 5.13. The third-order valence-corrected chi connectivity index (χ3v) is 5.13. The summed E-state index contributed by atoms with van der Waals surface area (Å²) in [5.41, 5.74) is 7.83. The first-order valence-electron chi connectivity index (χ1n) is 8.09. The van der Waals surface area contributed by atoms with Gasteiger partial charge in [-0.25, -0.2) is 0 Å². The van der Waals surface area contributed by atoms with Crippen LogP contribution in [-0.4, -0.2) is 28.5 Å². The molecule has 1 atom stereocenters. The molecule has 0 radical (unpaired) electrons. The average molecular weight is 287 g/mol. The van der Waals surface area contributed by atoms with Gasteiger partial charge in [0.2, 0.25) is 0 Å². The lowest BCUT2D eigenvalue weighted by Crippen LogP contribution is -2.34. The van der Waals surface area contributed by atoms with E-state index in [2.05, 4.69) is 16.1 Å². The van der Waals surface area contributed by atoms with Crippen LogP contribution < -0.4 is 5.73 Å². The molecule has 114 valence electrons. The fraction of sp³-hybridized carbons (Fsp3) is 0.588. The summed E-state index contributed by atoms with van der Waals surface area (Å²) in [4.78, 5) is 2.61. The first-order chi connectivity index (χ1) is 10.3. The van der Waals surface area contributed by atoms with Gasteiger partial charge < -0.3 is 10.9 Å². The van der Waals surface area contributed by atoms with E-state index in [-0.39, 0.29) is 5.84 Å². The summed E-state index contributed by atoms with van der Waals surface area (Å²) in [6.45, 7) is 2.08. The Kier molecular flexibility index (Phi) is 4.44. The minimum atomic E-state index is 0.210. The van der Waals surface area contributed by atoms with E-state index in [0.717, 1.165) is 29.6 Å². The maximum Gasteiger partial charge on any atom is 0.170 e. The molecule has 1 aromatic rings. The van der Waals surface area contributed by atoms with Gasteiger partial charge in [-0.3, -0.25) is 4.90 Å². The molecule has 0 amide bonds. The number of hydrogen-bond acceptors (Lipinski definition) is 3. The monoisotopic (exact) mass is 287 g/mol. The van der Waals surface area contributed by atoms with E-state index >= 15 is 0 Å². The van der Waals surface area contributed by atoms with Gasteiger partial charge in [0.1, 0.15) is 0 Å². The second-order valence-electron chi connectivity index (χ2n) is 6.37. The zero-order valence-corrected chi connectivity index (χ0v) is 12.5. The summed E-state index contributed by atoms with van der Waals surface area (Å²) in [5, 5.41) is 12.1. The number of rotatable bonds is 4. The molecule has 4 heteroatoms. The zero-order chi connectivity index (χ0) is 14.7. The fourth-order valence-electron chi connectivity index (χ4n) is 4.10. The normalized spacial score (nSPS) is 24.8. The van der Waals surface area contributed by atoms with Crippen molar-refractivity contribution in [3.05, 3.63) is 35.4 Å². The number of amidine groups is 1. The van der Waals surface area contributed by atoms with E-state index in [0.29, 0.717) is 0 Å². The predicted octanol–water partition coefficient (Wildman–Crippen LogP) is 2.94. The number of nitrogens with two attached hydrogens (primary N) is 1. The molecule has 2 aliphatic rings. The molecule has 0 spiro atoms. The highest BCUT2D eigenvalue weighted by atomic mass is 16.4. The van der Waals surface area contributed by atoms with Crippen LogP contribution in [0.5, 0.6) is 0 Å². The molecule has 1 aromatic carbocycles. The molecule has 1 aliphatic heterocycles. The number of likely N-dealkylation sites (tertiary alicyclic amines) is 1. The lowest BCUT2D eigenvalue weighted by molar-refractivity contribution is 0.183. The molecular formula is C17H25N3O. The molecule has 1 saturated heterocycles. The lowest BCUT2D eigenvalue weighted by atomic mass is 9.95. The largest absolute Gasteiger partial charge is 0.409 e. The minimum Gasteiger partial charge on any atom is -0.409 e. The minimum absolute atomic E-state index is 0.210. The molecule has 3 N–H and O–H groups in total. The molecule has 0 bridgehead atoms. The van der Waals surface area contributed by atoms with Gasteiger partial charge in [0, 0.05) is 18.2 Å². The van der Waals surface area contributed by atoms with Gasteiger partial charge in [-0.05, 0) is 43.7 Å². The Hall–Kier alpha value is -1.55. The molecular weight excluding hydrogens is 262 g/mol. The Bertz CT molecular complexity index is 509. The highest BCUT2D eigenvalue weighted by molar-refractivity contribution is 5.98. The summed E-state index contributed by atoms with van der Waals surface area (Å²) in [7, 11) is 0. The van der Waals surface area contributed by atoms with Crippen molar-refractivity contribution >= 4 is 5.84 Å². The SMILES string of the molecule is NC(=NO)c1ccccc1CN1CCCC1C1CCCC1. The summed E-state index contributed by atoms with van der Waals surface area (Å²) < 4.78 is 0.